The fourth-order valence-corrected chi connectivity index (χ4v) is 4.05. The number of rotatable bonds is 6. The lowest BCUT2D eigenvalue weighted by Gasteiger charge is -2.29. The zero-order valence-corrected chi connectivity index (χ0v) is 16.9. The number of carbonyl (C=O) groups is 1. The van der Waals surface area contributed by atoms with Crippen LogP contribution in [0.2, 0.25) is 10.0 Å². The van der Waals surface area contributed by atoms with Gasteiger partial charge in [-0.25, -0.2) is 8.42 Å². The van der Waals surface area contributed by atoms with Crippen LogP contribution < -0.4 is 9.62 Å². The molecular formula is C18H20Cl2N2O3S. The number of nitrogens with one attached hydrogen (secondary N) is 1. The predicted molar refractivity (Wildman–Crippen MR) is 106 cm³/mol. The normalized spacial score (nSPS) is 13.7. The Morgan fingerprint density at radius 3 is 2.19 bits per heavy atom. The first-order chi connectivity index (χ1) is 12.1. The maximum atomic E-state index is 12.7. The molecule has 0 aliphatic rings. The van der Waals surface area contributed by atoms with Crippen LogP contribution in [0.5, 0.6) is 0 Å². The zero-order chi connectivity index (χ0) is 19.5. The van der Waals surface area contributed by atoms with Crippen LogP contribution in [0.1, 0.15) is 25.5 Å². The Hall–Kier alpha value is -1.76. The number of benzene rings is 2. The van der Waals surface area contributed by atoms with Gasteiger partial charge in [-0.1, -0.05) is 53.5 Å². The minimum atomic E-state index is -3.72. The second-order valence-corrected chi connectivity index (χ2v) is 8.65. The van der Waals surface area contributed by atoms with Crippen molar-refractivity contribution in [2.24, 2.45) is 0 Å². The van der Waals surface area contributed by atoms with Gasteiger partial charge in [-0.2, -0.15) is 0 Å². The van der Waals surface area contributed by atoms with Crippen molar-refractivity contribution in [2.45, 2.75) is 25.9 Å². The number of nitrogens with zero attached hydrogens (tertiary/aromatic N) is 1. The molecule has 0 unspecified atom stereocenters. The van der Waals surface area contributed by atoms with Crippen LogP contribution in [0, 0.1) is 0 Å². The smallest absolute Gasteiger partial charge is 0.244 e. The first-order valence-electron chi connectivity index (χ1n) is 7.91. The fraction of sp³-hybridized carbons (Fsp3) is 0.278. The van der Waals surface area contributed by atoms with Crippen molar-refractivity contribution in [3.8, 4) is 0 Å². The van der Waals surface area contributed by atoms with Crippen molar-refractivity contribution < 1.29 is 13.2 Å². The van der Waals surface area contributed by atoms with Crippen LogP contribution >= 0.6 is 23.2 Å². The Bertz CT molecular complexity index is 889. The van der Waals surface area contributed by atoms with Crippen LogP contribution in [0.25, 0.3) is 0 Å². The Morgan fingerprint density at radius 1 is 1.04 bits per heavy atom. The van der Waals surface area contributed by atoms with Gasteiger partial charge in [0.15, 0.2) is 0 Å². The van der Waals surface area contributed by atoms with Gasteiger partial charge in [-0.15, -0.1) is 0 Å². The molecule has 140 valence electrons. The number of hydrogen-bond acceptors (Lipinski definition) is 3. The molecule has 2 aromatic carbocycles. The lowest BCUT2D eigenvalue weighted by atomic mass is 10.1. The molecule has 0 aliphatic heterocycles. The average molecular weight is 415 g/mol. The Labute approximate surface area is 164 Å². The van der Waals surface area contributed by atoms with Crippen molar-refractivity contribution in [3.63, 3.8) is 0 Å². The summed E-state index contributed by atoms with van der Waals surface area (Å²) in [6.45, 7) is 3.36. The Balaban J connectivity index is 2.27. The van der Waals surface area contributed by atoms with E-state index in [2.05, 4.69) is 5.32 Å². The summed E-state index contributed by atoms with van der Waals surface area (Å²) in [5.74, 6) is -0.419. The number of amides is 1. The van der Waals surface area contributed by atoms with E-state index in [0.717, 1.165) is 16.1 Å². The second-order valence-electron chi connectivity index (χ2n) is 5.97. The van der Waals surface area contributed by atoms with E-state index < -0.39 is 22.0 Å². The number of halogens is 2. The molecule has 0 saturated heterocycles. The standard InChI is InChI=1S/C18H20Cl2N2O3S/c1-12(14-7-5-4-6-8-14)21-18(23)13(2)22(26(3,24)25)15-9-10-16(19)17(20)11-15/h4-13H,1-3H3,(H,21,23)/t12-,13+/m1/s1. The van der Waals surface area contributed by atoms with Crippen LogP contribution in [-0.2, 0) is 14.8 Å². The highest BCUT2D eigenvalue weighted by Crippen LogP contribution is 2.29. The third kappa shape index (κ3) is 4.90. The third-order valence-electron chi connectivity index (χ3n) is 3.90. The van der Waals surface area contributed by atoms with E-state index in [-0.39, 0.29) is 16.8 Å². The summed E-state index contributed by atoms with van der Waals surface area (Å²) in [5, 5.41) is 3.36. The van der Waals surface area contributed by atoms with Gasteiger partial charge in [0.1, 0.15) is 6.04 Å². The van der Waals surface area contributed by atoms with Gasteiger partial charge >= 0.3 is 0 Å². The predicted octanol–water partition coefficient (Wildman–Crippen LogP) is 4.03. The highest BCUT2D eigenvalue weighted by molar-refractivity contribution is 7.92. The fourth-order valence-electron chi connectivity index (χ4n) is 2.59. The third-order valence-corrected chi connectivity index (χ3v) is 5.89. The molecule has 26 heavy (non-hydrogen) atoms. The summed E-state index contributed by atoms with van der Waals surface area (Å²) in [6.07, 6.45) is 1.04. The number of sulfonamides is 1. The molecule has 0 heterocycles. The van der Waals surface area contributed by atoms with Crippen molar-refractivity contribution >= 4 is 44.8 Å². The molecule has 0 radical (unpaired) electrons. The molecule has 2 rings (SSSR count). The number of hydrogen-bond donors (Lipinski definition) is 1. The lowest BCUT2D eigenvalue weighted by Crippen LogP contribution is -2.48. The quantitative estimate of drug-likeness (QED) is 0.775. The minimum Gasteiger partial charge on any atom is -0.348 e. The lowest BCUT2D eigenvalue weighted by molar-refractivity contribution is -0.122. The first-order valence-corrected chi connectivity index (χ1v) is 10.5. The number of anilines is 1. The van der Waals surface area contributed by atoms with E-state index in [1.54, 1.807) is 0 Å². The monoisotopic (exact) mass is 414 g/mol. The summed E-state index contributed by atoms with van der Waals surface area (Å²) in [4.78, 5) is 12.7. The van der Waals surface area contributed by atoms with E-state index in [1.807, 2.05) is 37.3 Å². The zero-order valence-electron chi connectivity index (χ0n) is 14.6. The topological polar surface area (TPSA) is 66.5 Å². The molecule has 1 N–H and O–H groups in total. The SMILES string of the molecule is C[C@@H](NC(=O)[C@H](C)N(c1ccc(Cl)c(Cl)c1)S(C)(=O)=O)c1ccccc1. The van der Waals surface area contributed by atoms with Crippen LogP contribution in [-0.4, -0.2) is 26.6 Å². The molecule has 0 spiro atoms. The van der Waals surface area contributed by atoms with Crippen molar-refractivity contribution in [1.82, 2.24) is 5.32 Å². The molecule has 0 saturated carbocycles. The molecule has 2 aromatic rings. The van der Waals surface area contributed by atoms with Crippen LogP contribution in [0.15, 0.2) is 48.5 Å². The van der Waals surface area contributed by atoms with Gasteiger partial charge in [-0.3, -0.25) is 9.10 Å². The van der Waals surface area contributed by atoms with Crippen molar-refractivity contribution in [3.05, 3.63) is 64.1 Å². The maximum Gasteiger partial charge on any atom is 0.244 e. The molecule has 1 amide bonds. The van der Waals surface area contributed by atoms with E-state index in [1.165, 1.54) is 25.1 Å². The highest BCUT2D eigenvalue weighted by atomic mass is 35.5. The van der Waals surface area contributed by atoms with Crippen molar-refractivity contribution in [1.29, 1.82) is 0 Å². The largest absolute Gasteiger partial charge is 0.348 e. The highest BCUT2D eigenvalue weighted by Gasteiger charge is 2.30. The van der Waals surface area contributed by atoms with E-state index in [0.29, 0.717) is 5.02 Å². The molecule has 0 aromatic heterocycles. The molecule has 2 atom stereocenters. The molecule has 0 bridgehead atoms. The van der Waals surface area contributed by atoms with E-state index in [9.17, 15) is 13.2 Å². The maximum absolute atomic E-state index is 12.7. The Morgan fingerprint density at radius 2 is 1.65 bits per heavy atom. The molecule has 8 heteroatoms. The Kier molecular flexibility index (Phi) is 6.55. The average Bonchev–Trinajstić information content (AvgIpc) is 2.57. The summed E-state index contributed by atoms with van der Waals surface area (Å²) in [7, 11) is -3.72. The van der Waals surface area contributed by atoms with E-state index >= 15 is 0 Å². The van der Waals surface area contributed by atoms with Gasteiger partial charge in [-0.05, 0) is 37.6 Å². The van der Waals surface area contributed by atoms with Gasteiger partial charge < -0.3 is 5.32 Å². The van der Waals surface area contributed by atoms with E-state index in [4.69, 9.17) is 23.2 Å². The van der Waals surface area contributed by atoms with Crippen molar-refractivity contribution in [2.75, 3.05) is 10.6 Å². The van der Waals surface area contributed by atoms with Crippen LogP contribution in [0.3, 0.4) is 0 Å². The van der Waals surface area contributed by atoms with Crippen LogP contribution in [0.4, 0.5) is 5.69 Å². The summed E-state index contributed by atoms with van der Waals surface area (Å²) < 4.78 is 25.6. The summed E-state index contributed by atoms with van der Waals surface area (Å²) in [5.41, 5.74) is 1.20. The van der Waals surface area contributed by atoms with Gasteiger partial charge in [0.25, 0.3) is 0 Å². The molecule has 0 fully saturated rings. The molecular weight excluding hydrogens is 395 g/mol. The molecule has 0 aliphatic carbocycles. The number of carbonyl (C=O) groups excluding carboxylic acids is 1. The molecule has 5 nitrogen and oxygen atoms in total. The van der Waals surface area contributed by atoms with Gasteiger partial charge in [0.05, 0.1) is 28.0 Å². The summed E-state index contributed by atoms with van der Waals surface area (Å²) >= 11 is 11.9. The second kappa shape index (κ2) is 8.29. The van der Waals surface area contributed by atoms with Gasteiger partial charge in [0, 0.05) is 0 Å². The summed E-state index contributed by atoms with van der Waals surface area (Å²) in [6, 6.07) is 12.6. The minimum absolute atomic E-state index is 0.211. The first kappa shape index (κ1) is 20.6. The van der Waals surface area contributed by atoms with Gasteiger partial charge in [0.2, 0.25) is 15.9 Å².